The van der Waals surface area contributed by atoms with Crippen molar-refractivity contribution in [3.8, 4) is 11.4 Å². The highest BCUT2D eigenvalue weighted by molar-refractivity contribution is 5.89. The van der Waals surface area contributed by atoms with E-state index in [9.17, 15) is 4.79 Å². The summed E-state index contributed by atoms with van der Waals surface area (Å²) in [5.41, 5.74) is 1.48. The van der Waals surface area contributed by atoms with Gasteiger partial charge in [-0.25, -0.2) is 4.79 Å². The number of aromatic nitrogens is 2. The SMILES string of the molecule is CC[C@@H](C)NC(=O)Nc1ccc(-c2noc(/C=C/c3ccco3)n2)cc1. The Balaban J connectivity index is 1.63. The Hall–Kier alpha value is -3.35. The van der Waals surface area contributed by atoms with Crippen LogP contribution in [0.4, 0.5) is 10.5 Å². The number of hydrogen-bond acceptors (Lipinski definition) is 5. The van der Waals surface area contributed by atoms with Gasteiger partial charge in [-0.05, 0) is 55.8 Å². The summed E-state index contributed by atoms with van der Waals surface area (Å²) in [4.78, 5) is 16.1. The minimum absolute atomic E-state index is 0.126. The Morgan fingerprint density at radius 3 is 2.73 bits per heavy atom. The van der Waals surface area contributed by atoms with Gasteiger partial charge in [-0.1, -0.05) is 12.1 Å². The van der Waals surface area contributed by atoms with Crippen molar-refractivity contribution in [1.29, 1.82) is 0 Å². The number of urea groups is 1. The number of amides is 2. The lowest BCUT2D eigenvalue weighted by Crippen LogP contribution is -2.35. The number of nitrogens with one attached hydrogen (secondary N) is 2. The van der Waals surface area contributed by atoms with Crippen LogP contribution in [-0.4, -0.2) is 22.2 Å². The van der Waals surface area contributed by atoms with Crippen molar-refractivity contribution in [3.05, 3.63) is 54.3 Å². The van der Waals surface area contributed by atoms with Crippen LogP contribution in [0.3, 0.4) is 0 Å². The molecule has 0 aliphatic carbocycles. The van der Waals surface area contributed by atoms with Crippen molar-refractivity contribution in [2.75, 3.05) is 5.32 Å². The summed E-state index contributed by atoms with van der Waals surface area (Å²) >= 11 is 0. The topological polar surface area (TPSA) is 93.2 Å². The van der Waals surface area contributed by atoms with E-state index in [0.717, 1.165) is 12.0 Å². The Morgan fingerprint density at radius 2 is 2.04 bits per heavy atom. The summed E-state index contributed by atoms with van der Waals surface area (Å²) in [5.74, 6) is 1.56. The van der Waals surface area contributed by atoms with Gasteiger partial charge in [-0.15, -0.1) is 0 Å². The molecular formula is C19H20N4O3. The first-order chi connectivity index (χ1) is 12.6. The number of anilines is 1. The quantitative estimate of drug-likeness (QED) is 0.685. The fourth-order valence-corrected chi connectivity index (χ4v) is 2.16. The van der Waals surface area contributed by atoms with Crippen LogP contribution < -0.4 is 10.6 Å². The highest BCUT2D eigenvalue weighted by atomic mass is 16.5. The van der Waals surface area contributed by atoms with Gasteiger partial charge in [0.15, 0.2) is 0 Å². The zero-order valence-corrected chi connectivity index (χ0v) is 14.6. The summed E-state index contributed by atoms with van der Waals surface area (Å²) < 4.78 is 10.4. The molecule has 2 N–H and O–H groups in total. The molecule has 26 heavy (non-hydrogen) atoms. The maximum absolute atomic E-state index is 11.8. The van der Waals surface area contributed by atoms with Crippen molar-refractivity contribution >= 4 is 23.9 Å². The van der Waals surface area contributed by atoms with E-state index in [4.69, 9.17) is 8.94 Å². The Kier molecular flexibility index (Phi) is 5.48. The van der Waals surface area contributed by atoms with E-state index in [0.29, 0.717) is 23.2 Å². The maximum Gasteiger partial charge on any atom is 0.319 e. The summed E-state index contributed by atoms with van der Waals surface area (Å²) in [6, 6.07) is 10.8. The molecule has 0 spiro atoms. The summed E-state index contributed by atoms with van der Waals surface area (Å²) in [6.07, 6.45) is 5.91. The molecule has 2 heterocycles. The molecule has 3 aromatic rings. The van der Waals surface area contributed by atoms with Gasteiger partial charge < -0.3 is 19.6 Å². The first kappa shape index (κ1) is 17.5. The number of furan rings is 1. The van der Waals surface area contributed by atoms with Crippen molar-refractivity contribution in [1.82, 2.24) is 15.5 Å². The number of carbonyl (C=O) groups excluding carboxylic acids is 1. The Bertz CT molecular complexity index is 867. The molecule has 0 aliphatic rings. The fraction of sp³-hybridized carbons (Fsp3) is 0.211. The van der Waals surface area contributed by atoms with E-state index in [-0.39, 0.29) is 12.1 Å². The molecule has 0 saturated heterocycles. The average Bonchev–Trinajstić information content (AvgIpc) is 3.32. The largest absolute Gasteiger partial charge is 0.465 e. The maximum atomic E-state index is 11.8. The van der Waals surface area contributed by atoms with E-state index in [2.05, 4.69) is 20.8 Å². The lowest BCUT2D eigenvalue weighted by atomic mass is 10.2. The monoisotopic (exact) mass is 352 g/mol. The van der Waals surface area contributed by atoms with Crippen LogP contribution in [0.5, 0.6) is 0 Å². The molecule has 0 radical (unpaired) electrons. The molecule has 7 nitrogen and oxygen atoms in total. The summed E-state index contributed by atoms with van der Waals surface area (Å²) in [5, 5.41) is 9.60. The van der Waals surface area contributed by atoms with E-state index in [1.807, 2.05) is 32.0 Å². The molecular weight excluding hydrogens is 332 g/mol. The predicted molar refractivity (Wildman–Crippen MR) is 99.3 cm³/mol. The second-order valence-electron chi connectivity index (χ2n) is 5.79. The van der Waals surface area contributed by atoms with Crippen LogP contribution in [0.25, 0.3) is 23.5 Å². The van der Waals surface area contributed by atoms with Crippen molar-refractivity contribution < 1.29 is 13.7 Å². The van der Waals surface area contributed by atoms with Crippen molar-refractivity contribution in [2.45, 2.75) is 26.3 Å². The van der Waals surface area contributed by atoms with E-state index < -0.39 is 0 Å². The zero-order valence-electron chi connectivity index (χ0n) is 14.6. The van der Waals surface area contributed by atoms with E-state index in [1.165, 1.54) is 0 Å². The van der Waals surface area contributed by atoms with E-state index >= 15 is 0 Å². The molecule has 1 atom stereocenters. The third-order valence-electron chi connectivity index (χ3n) is 3.77. The lowest BCUT2D eigenvalue weighted by molar-refractivity contribution is 0.249. The molecule has 134 valence electrons. The fourth-order valence-electron chi connectivity index (χ4n) is 2.16. The van der Waals surface area contributed by atoms with Crippen LogP contribution in [0.2, 0.25) is 0 Å². The van der Waals surface area contributed by atoms with Crippen molar-refractivity contribution in [3.63, 3.8) is 0 Å². The van der Waals surface area contributed by atoms with Gasteiger partial charge >= 0.3 is 6.03 Å². The van der Waals surface area contributed by atoms with Crippen LogP contribution in [0.1, 0.15) is 31.9 Å². The first-order valence-electron chi connectivity index (χ1n) is 8.37. The predicted octanol–water partition coefficient (Wildman–Crippen LogP) is 4.42. The molecule has 7 heteroatoms. The first-order valence-corrected chi connectivity index (χ1v) is 8.37. The highest BCUT2D eigenvalue weighted by Gasteiger charge is 2.08. The number of carbonyl (C=O) groups is 1. The molecule has 2 aromatic heterocycles. The number of nitrogens with zero attached hydrogens (tertiary/aromatic N) is 2. The Labute approximate surface area is 151 Å². The van der Waals surface area contributed by atoms with E-state index in [1.54, 1.807) is 36.6 Å². The smallest absolute Gasteiger partial charge is 0.319 e. The van der Waals surface area contributed by atoms with Crippen LogP contribution >= 0.6 is 0 Å². The average molecular weight is 352 g/mol. The summed E-state index contributed by atoms with van der Waals surface area (Å²) in [7, 11) is 0. The van der Waals surface area contributed by atoms with Gasteiger partial charge in [0.2, 0.25) is 5.82 Å². The van der Waals surface area contributed by atoms with Gasteiger partial charge in [0, 0.05) is 23.4 Å². The highest BCUT2D eigenvalue weighted by Crippen LogP contribution is 2.19. The zero-order chi connectivity index (χ0) is 18.4. The van der Waals surface area contributed by atoms with Gasteiger partial charge in [-0.2, -0.15) is 4.98 Å². The number of rotatable bonds is 6. The van der Waals surface area contributed by atoms with Crippen LogP contribution in [0.15, 0.2) is 51.6 Å². The molecule has 0 unspecified atom stereocenters. The second-order valence-corrected chi connectivity index (χ2v) is 5.79. The minimum Gasteiger partial charge on any atom is -0.465 e. The molecule has 0 bridgehead atoms. The normalized spacial score (nSPS) is 12.2. The van der Waals surface area contributed by atoms with Crippen molar-refractivity contribution in [2.24, 2.45) is 0 Å². The number of hydrogen-bond donors (Lipinski definition) is 2. The minimum atomic E-state index is -0.225. The lowest BCUT2D eigenvalue weighted by Gasteiger charge is -2.12. The molecule has 0 saturated carbocycles. The Morgan fingerprint density at radius 1 is 1.23 bits per heavy atom. The van der Waals surface area contributed by atoms with Gasteiger partial charge in [0.25, 0.3) is 5.89 Å². The third-order valence-corrected chi connectivity index (χ3v) is 3.77. The molecule has 0 fully saturated rings. The molecule has 3 rings (SSSR count). The molecule has 1 aromatic carbocycles. The standard InChI is InChI=1S/C19H20N4O3/c1-3-13(2)20-19(24)21-15-8-6-14(7-9-15)18-22-17(26-23-18)11-10-16-5-4-12-25-16/h4-13H,3H2,1-2H3,(H2,20,21,24)/b11-10+/t13-/m1/s1. The van der Waals surface area contributed by atoms with Gasteiger partial charge in [0.05, 0.1) is 6.26 Å². The van der Waals surface area contributed by atoms with Gasteiger partial charge in [-0.3, -0.25) is 0 Å². The van der Waals surface area contributed by atoms with Crippen LogP contribution in [0, 0.1) is 0 Å². The summed E-state index contributed by atoms with van der Waals surface area (Å²) in [6.45, 7) is 3.97. The van der Waals surface area contributed by atoms with Crippen LogP contribution in [-0.2, 0) is 0 Å². The number of benzene rings is 1. The molecule has 2 amide bonds. The second kappa shape index (κ2) is 8.15. The van der Waals surface area contributed by atoms with Gasteiger partial charge in [0.1, 0.15) is 5.76 Å². The third kappa shape index (κ3) is 4.60. The molecule has 0 aliphatic heterocycles.